The number of nitrogens with one attached hydrogen (secondary N) is 1. The first-order valence-corrected chi connectivity index (χ1v) is 5.52. The maximum atomic E-state index is 12.8. The summed E-state index contributed by atoms with van der Waals surface area (Å²) in [6.07, 6.45) is 0. The number of carbonyl (C=O) groups excluding carboxylic acids is 2. The smallest absolute Gasteiger partial charge is 0.325 e. The molecule has 0 aliphatic carbocycles. The van der Waals surface area contributed by atoms with Crippen molar-refractivity contribution in [2.24, 2.45) is 0 Å². The average molecular weight is 273 g/mol. The van der Waals surface area contributed by atoms with E-state index in [-0.39, 0.29) is 18.9 Å². The molecule has 0 saturated carbocycles. The Morgan fingerprint density at radius 2 is 1.84 bits per heavy atom. The first-order chi connectivity index (χ1) is 9.01. The van der Waals surface area contributed by atoms with Crippen molar-refractivity contribution in [1.29, 1.82) is 0 Å². The van der Waals surface area contributed by atoms with Crippen molar-refractivity contribution in [2.75, 3.05) is 19.8 Å². The van der Waals surface area contributed by atoms with Crippen LogP contribution in [0.4, 0.5) is 8.78 Å². The van der Waals surface area contributed by atoms with Crippen LogP contribution in [-0.4, -0.2) is 31.6 Å². The van der Waals surface area contributed by atoms with Gasteiger partial charge in [0.05, 0.1) is 6.61 Å². The highest BCUT2D eigenvalue weighted by Crippen LogP contribution is 2.14. The summed E-state index contributed by atoms with van der Waals surface area (Å²) in [5.74, 6) is -2.89. The van der Waals surface area contributed by atoms with Crippen LogP contribution in [-0.2, 0) is 14.3 Å². The van der Waals surface area contributed by atoms with E-state index in [1.54, 1.807) is 6.92 Å². The molecule has 5 nitrogen and oxygen atoms in total. The molecule has 0 bridgehead atoms. The number of ether oxygens (including phenoxy) is 2. The lowest BCUT2D eigenvalue weighted by atomic mass is 10.3. The van der Waals surface area contributed by atoms with Crippen LogP contribution in [0.2, 0.25) is 0 Å². The second-order valence-corrected chi connectivity index (χ2v) is 3.48. The summed E-state index contributed by atoms with van der Waals surface area (Å²) in [5.41, 5.74) is 0. The molecular formula is C12H13F2NO4. The standard InChI is InChI=1S/C12H13F2NO4/c1-2-18-12(17)6-15-11(16)7-19-10-4-8(13)3-9(14)5-10/h3-5H,2,6-7H2,1H3,(H,15,16). The van der Waals surface area contributed by atoms with Crippen molar-refractivity contribution in [2.45, 2.75) is 6.92 Å². The molecule has 1 aromatic carbocycles. The normalized spacial score (nSPS) is 9.84. The highest BCUT2D eigenvalue weighted by molar-refractivity contribution is 5.82. The Morgan fingerprint density at radius 1 is 1.21 bits per heavy atom. The van der Waals surface area contributed by atoms with E-state index < -0.39 is 30.1 Å². The SMILES string of the molecule is CCOC(=O)CNC(=O)COc1cc(F)cc(F)c1. The average Bonchev–Trinajstić information content (AvgIpc) is 2.33. The summed E-state index contributed by atoms with van der Waals surface area (Å²) < 4.78 is 35.1. The molecule has 104 valence electrons. The number of halogens is 2. The zero-order valence-corrected chi connectivity index (χ0v) is 10.2. The summed E-state index contributed by atoms with van der Waals surface area (Å²) >= 11 is 0. The van der Waals surface area contributed by atoms with Gasteiger partial charge in [0, 0.05) is 18.2 Å². The monoisotopic (exact) mass is 273 g/mol. The lowest BCUT2D eigenvalue weighted by Crippen LogP contribution is -2.34. The predicted molar refractivity (Wildman–Crippen MR) is 61.5 cm³/mol. The van der Waals surface area contributed by atoms with Crippen molar-refractivity contribution in [3.05, 3.63) is 29.8 Å². The largest absolute Gasteiger partial charge is 0.484 e. The fourth-order valence-corrected chi connectivity index (χ4v) is 1.19. The van der Waals surface area contributed by atoms with Gasteiger partial charge >= 0.3 is 5.97 Å². The first-order valence-electron chi connectivity index (χ1n) is 5.52. The van der Waals surface area contributed by atoms with E-state index >= 15 is 0 Å². The minimum Gasteiger partial charge on any atom is -0.484 e. The summed E-state index contributed by atoms with van der Waals surface area (Å²) in [5, 5.41) is 2.24. The second-order valence-electron chi connectivity index (χ2n) is 3.48. The van der Waals surface area contributed by atoms with E-state index in [9.17, 15) is 18.4 Å². The summed E-state index contributed by atoms with van der Waals surface area (Å²) in [6, 6.07) is 2.58. The Morgan fingerprint density at radius 3 is 2.42 bits per heavy atom. The molecule has 0 unspecified atom stereocenters. The van der Waals surface area contributed by atoms with E-state index in [0.717, 1.165) is 12.1 Å². The van der Waals surface area contributed by atoms with Gasteiger partial charge in [-0.3, -0.25) is 9.59 Å². The van der Waals surface area contributed by atoms with Crippen LogP contribution in [0.15, 0.2) is 18.2 Å². The van der Waals surface area contributed by atoms with Crippen LogP contribution in [0.25, 0.3) is 0 Å². The van der Waals surface area contributed by atoms with Crippen molar-refractivity contribution in [1.82, 2.24) is 5.32 Å². The van der Waals surface area contributed by atoms with E-state index in [1.807, 2.05) is 0 Å². The van der Waals surface area contributed by atoms with Crippen molar-refractivity contribution >= 4 is 11.9 Å². The molecule has 0 aliphatic rings. The van der Waals surface area contributed by atoms with Crippen LogP contribution < -0.4 is 10.1 Å². The highest BCUT2D eigenvalue weighted by Gasteiger charge is 2.08. The molecule has 0 saturated heterocycles. The van der Waals surface area contributed by atoms with Crippen molar-refractivity contribution in [3.63, 3.8) is 0 Å². The van der Waals surface area contributed by atoms with Gasteiger partial charge in [-0.2, -0.15) is 0 Å². The molecular weight excluding hydrogens is 260 g/mol. The van der Waals surface area contributed by atoms with Crippen molar-refractivity contribution < 1.29 is 27.8 Å². The third kappa shape index (κ3) is 5.80. The fourth-order valence-electron chi connectivity index (χ4n) is 1.19. The minimum atomic E-state index is -0.804. The molecule has 0 atom stereocenters. The van der Waals surface area contributed by atoms with Gasteiger partial charge in [-0.15, -0.1) is 0 Å². The predicted octanol–water partition coefficient (Wildman–Crippen LogP) is 1.02. The molecule has 1 amide bonds. The van der Waals surface area contributed by atoms with Gasteiger partial charge in [0.2, 0.25) is 0 Å². The third-order valence-electron chi connectivity index (χ3n) is 1.94. The molecule has 1 N–H and O–H groups in total. The maximum Gasteiger partial charge on any atom is 0.325 e. The third-order valence-corrected chi connectivity index (χ3v) is 1.94. The summed E-state index contributed by atoms with van der Waals surface area (Å²) in [4.78, 5) is 22.2. The summed E-state index contributed by atoms with van der Waals surface area (Å²) in [6.45, 7) is 1.12. The van der Waals surface area contributed by atoms with Crippen LogP contribution in [0.5, 0.6) is 5.75 Å². The number of esters is 1. The zero-order chi connectivity index (χ0) is 14.3. The Bertz CT molecular complexity index is 445. The van der Waals surface area contributed by atoms with Gasteiger partial charge in [0.15, 0.2) is 6.61 Å². The van der Waals surface area contributed by atoms with Gasteiger partial charge in [-0.25, -0.2) is 8.78 Å². The molecule has 1 rings (SSSR count). The molecule has 1 aromatic rings. The van der Waals surface area contributed by atoms with Crippen LogP contribution >= 0.6 is 0 Å². The molecule has 0 aromatic heterocycles. The zero-order valence-electron chi connectivity index (χ0n) is 10.2. The molecule has 0 fully saturated rings. The minimum absolute atomic E-state index is 0.108. The topological polar surface area (TPSA) is 64.6 Å². The lowest BCUT2D eigenvalue weighted by Gasteiger charge is -2.07. The quantitative estimate of drug-likeness (QED) is 0.786. The number of carbonyl (C=O) groups is 2. The molecule has 7 heteroatoms. The van der Waals surface area contributed by atoms with Crippen molar-refractivity contribution in [3.8, 4) is 5.75 Å². The van der Waals surface area contributed by atoms with E-state index in [4.69, 9.17) is 4.74 Å². The number of benzene rings is 1. The number of amides is 1. The van der Waals surface area contributed by atoms with Crippen LogP contribution in [0.3, 0.4) is 0 Å². The fraction of sp³-hybridized carbons (Fsp3) is 0.333. The lowest BCUT2D eigenvalue weighted by molar-refractivity contribution is -0.143. The number of hydrogen-bond acceptors (Lipinski definition) is 4. The van der Waals surface area contributed by atoms with E-state index in [1.165, 1.54) is 0 Å². The van der Waals surface area contributed by atoms with Gasteiger partial charge in [0.25, 0.3) is 5.91 Å². The Hall–Kier alpha value is -2.18. The van der Waals surface area contributed by atoms with Gasteiger partial charge in [0.1, 0.15) is 23.9 Å². The van der Waals surface area contributed by atoms with Gasteiger partial charge in [-0.1, -0.05) is 0 Å². The molecule has 0 aliphatic heterocycles. The van der Waals surface area contributed by atoms with E-state index in [0.29, 0.717) is 6.07 Å². The Kier molecular flexibility index (Phi) is 5.72. The van der Waals surface area contributed by atoms with Crippen LogP contribution in [0.1, 0.15) is 6.92 Å². The maximum absolute atomic E-state index is 12.8. The Labute approximate surface area is 108 Å². The molecule has 19 heavy (non-hydrogen) atoms. The second kappa shape index (κ2) is 7.30. The number of rotatable bonds is 6. The summed E-state index contributed by atoms with van der Waals surface area (Å²) in [7, 11) is 0. The highest BCUT2D eigenvalue weighted by atomic mass is 19.1. The Balaban J connectivity index is 2.35. The van der Waals surface area contributed by atoms with Crippen LogP contribution in [0, 0.1) is 11.6 Å². The van der Waals surface area contributed by atoms with Gasteiger partial charge in [-0.05, 0) is 6.92 Å². The number of hydrogen-bond donors (Lipinski definition) is 1. The first kappa shape index (κ1) is 14.9. The van der Waals surface area contributed by atoms with E-state index in [2.05, 4.69) is 10.1 Å². The molecule has 0 radical (unpaired) electrons. The molecule has 0 heterocycles. The molecule has 0 spiro atoms. The van der Waals surface area contributed by atoms with Gasteiger partial charge < -0.3 is 14.8 Å².